The van der Waals surface area contributed by atoms with Gasteiger partial charge >= 0.3 is 5.97 Å². The van der Waals surface area contributed by atoms with Crippen LogP contribution in [0.2, 0.25) is 0 Å². The van der Waals surface area contributed by atoms with Crippen molar-refractivity contribution in [3.63, 3.8) is 0 Å². The molecule has 0 aromatic heterocycles. The van der Waals surface area contributed by atoms with Crippen LogP contribution in [0.25, 0.3) is 0 Å². The standard InChI is InChI=1S/C12H23NO5S2/c1-18-12(15)10-4-2-5-11(10)20(16,17)13-6-9-19-8-3-7-14/h10-11,13-14H,2-9H2,1H3. The number of methoxy groups -OCH3 is 1. The average molecular weight is 325 g/mol. The predicted octanol–water partition coefficient (Wildman–Crippen LogP) is 0.363. The summed E-state index contributed by atoms with van der Waals surface area (Å²) in [6, 6.07) is 0. The number of carbonyl (C=O) groups excluding carboxylic acids is 1. The number of hydrogen-bond acceptors (Lipinski definition) is 6. The third kappa shape index (κ3) is 5.23. The third-order valence-electron chi connectivity index (χ3n) is 3.35. The zero-order valence-corrected chi connectivity index (χ0v) is 13.3. The van der Waals surface area contributed by atoms with Crippen molar-refractivity contribution in [3.8, 4) is 0 Å². The van der Waals surface area contributed by atoms with Crippen LogP contribution in [0.1, 0.15) is 25.7 Å². The first-order chi connectivity index (χ1) is 9.53. The molecule has 0 aliphatic heterocycles. The first kappa shape index (κ1) is 17.7. The molecule has 0 saturated heterocycles. The molecule has 0 heterocycles. The van der Waals surface area contributed by atoms with Crippen LogP contribution in [0.15, 0.2) is 0 Å². The Morgan fingerprint density at radius 2 is 2.15 bits per heavy atom. The van der Waals surface area contributed by atoms with Gasteiger partial charge in [-0.2, -0.15) is 11.8 Å². The van der Waals surface area contributed by atoms with Gasteiger partial charge < -0.3 is 9.84 Å². The second-order valence-corrected chi connectivity index (χ2v) is 7.94. The molecule has 8 heteroatoms. The van der Waals surface area contributed by atoms with Crippen LogP contribution in [0.3, 0.4) is 0 Å². The minimum Gasteiger partial charge on any atom is -0.469 e. The van der Waals surface area contributed by atoms with Gasteiger partial charge in [0.15, 0.2) is 0 Å². The van der Waals surface area contributed by atoms with Gasteiger partial charge in [-0.25, -0.2) is 13.1 Å². The SMILES string of the molecule is COC(=O)C1CCCC1S(=O)(=O)NCCSCCCO. The zero-order valence-electron chi connectivity index (χ0n) is 11.7. The Balaban J connectivity index is 2.41. The van der Waals surface area contributed by atoms with E-state index in [9.17, 15) is 13.2 Å². The summed E-state index contributed by atoms with van der Waals surface area (Å²) in [5, 5.41) is 7.96. The molecule has 2 atom stereocenters. The highest BCUT2D eigenvalue weighted by Gasteiger charge is 2.41. The molecule has 1 rings (SSSR count). The van der Waals surface area contributed by atoms with E-state index in [1.54, 1.807) is 11.8 Å². The van der Waals surface area contributed by atoms with Crippen LogP contribution in [0.4, 0.5) is 0 Å². The second kappa shape index (κ2) is 8.86. The van der Waals surface area contributed by atoms with Gasteiger partial charge in [0.1, 0.15) is 0 Å². The molecule has 0 bridgehead atoms. The number of aliphatic hydroxyl groups is 1. The molecule has 0 spiro atoms. The lowest BCUT2D eigenvalue weighted by atomic mass is 10.1. The molecule has 1 fully saturated rings. The maximum atomic E-state index is 12.2. The van der Waals surface area contributed by atoms with Gasteiger partial charge in [-0.15, -0.1) is 0 Å². The Labute approximate surface area is 124 Å². The molecule has 0 aromatic carbocycles. The summed E-state index contributed by atoms with van der Waals surface area (Å²) in [5.41, 5.74) is 0. The number of aliphatic hydroxyl groups excluding tert-OH is 1. The Morgan fingerprint density at radius 1 is 1.40 bits per heavy atom. The van der Waals surface area contributed by atoms with Crippen molar-refractivity contribution in [1.82, 2.24) is 4.72 Å². The van der Waals surface area contributed by atoms with Gasteiger partial charge in [-0.1, -0.05) is 6.42 Å². The van der Waals surface area contributed by atoms with Crippen LogP contribution in [-0.4, -0.2) is 56.5 Å². The smallest absolute Gasteiger partial charge is 0.310 e. The van der Waals surface area contributed by atoms with E-state index in [0.29, 0.717) is 31.6 Å². The third-order valence-corrected chi connectivity index (χ3v) is 6.39. The van der Waals surface area contributed by atoms with E-state index in [1.165, 1.54) is 7.11 Å². The van der Waals surface area contributed by atoms with Crippen molar-refractivity contribution >= 4 is 27.8 Å². The zero-order chi connectivity index (χ0) is 15.0. The number of esters is 1. The number of carbonyl (C=O) groups is 1. The van der Waals surface area contributed by atoms with Gasteiger partial charge in [-0.3, -0.25) is 4.79 Å². The van der Waals surface area contributed by atoms with Crippen LogP contribution in [0.5, 0.6) is 0 Å². The lowest BCUT2D eigenvalue weighted by Gasteiger charge is -2.18. The average Bonchev–Trinajstić information content (AvgIpc) is 2.92. The first-order valence-electron chi connectivity index (χ1n) is 6.78. The topological polar surface area (TPSA) is 92.7 Å². The summed E-state index contributed by atoms with van der Waals surface area (Å²) >= 11 is 1.59. The highest BCUT2D eigenvalue weighted by atomic mass is 32.2. The lowest BCUT2D eigenvalue weighted by Crippen LogP contribution is -2.40. The normalized spacial score (nSPS) is 22.9. The molecule has 0 amide bonds. The largest absolute Gasteiger partial charge is 0.469 e. The quantitative estimate of drug-likeness (QED) is 0.470. The number of nitrogens with one attached hydrogen (secondary N) is 1. The van der Waals surface area contributed by atoms with Crippen LogP contribution >= 0.6 is 11.8 Å². The fraction of sp³-hybridized carbons (Fsp3) is 0.917. The molecule has 20 heavy (non-hydrogen) atoms. The molecule has 1 aliphatic rings. The van der Waals surface area contributed by atoms with Gasteiger partial charge in [-0.05, 0) is 25.0 Å². The number of rotatable bonds is 9. The Hall–Kier alpha value is -0.310. The summed E-state index contributed by atoms with van der Waals surface area (Å²) in [4.78, 5) is 11.6. The Morgan fingerprint density at radius 3 is 2.80 bits per heavy atom. The Kier molecular flexibility index (Phi) is 7.86. The van der Waals surface area contributed by atoms with E-state index >= 15 is 0 Å². The number of hydrogen-bond donors (Lipinski definition) is 2. The first-order valence-corrected chi connectivity index (χ1v) is 9.48. The summed E-state index contributed by atoms with van der Waals surface area (Å²) in [6.07, 6.45) is 2.53. The molecule has 2 N–H and O–H groups in total. The van der Waals surface area contributed by atoms with Gasteiger partial charge in [0.05, 0.1) is 18.3 Å². The Bertz CT molecular complexity index is 399. The van der Waals surface area contributed by atoms with E-state index in [4.69, 9.17) is 5.11 Å². The van der Waals surface area contributed by atoms with E-state index in [0.717, 1.165) is 12.2 Å². The molecule has 0 aromatic rings. The highest BCUT2D eigenvalue weighted by molar-refractivity contribution is 7.99. The number of thioether (sulfide) groups is 1. The highest BCUT2D eigenvalue weighted by Crippen LogP contribution is 2.31. The van der Waals surface area contributed by atoms with Gasteiger partial charge in [0.2, 0.25) is 10.0 Å². The van der Waals surface area contributed by atoms with E-state index in [1.807, 2.05) is 0 Å². The van der Waals surface area contributed by atoms with Crippen LogP contribution in [-0.2, 0) is 19.6 Å². The predicted molar refractivity (Wildman–Crippen MR) is 79.1 cm³/mol. The fourth-order valence-electron chi connectivity index (χ4n) is 2.35. The minimum atomic E-state index is -3.47. The maximum Gasteiger partial charge on any atom is 0.310 e. The molecular formula is C12H23NO5S2. The molecule has 0 radical (unpaired) electrons. The molecule has 1 aliphatic carbocycles. The van der Waals surface area contributed by atoms with Crippen molar-refractivity contribution in [2.45, 2.75) is 30.9 Å². The molecule has 2 unspecified atom stereocenters. The molecule has 118 valence electrons. The van der Waals surface area contributed by atoms with Crippen LogP contribution in [0, 0.1) is 5.92 Å². The second-order valence-electron chi connectivity index (χ2n) is 4.73. The van der Waals surface area contributed by atoms with Gasteiger partial charge in [0.25, 0.3) is 0 Å². The summed E-state index contributed by atoms with van der Waals surface area (Å²) in [5.74, 6) is 0.496. The monoisotopic (exact) mass is 325 g/mol. The summed E-state index contributed by atoms with van der Waals surface area (Å²) < 4.78 is 31.6. The van der Waals surface area contributed by atoms with Gasteiger partial charge in [0, 0.05) is 18.9 Å². The van der Waals surface area contributed by atoms with Crippen molar-refractivity contribution in [3.05, 3.63) is 0 Å². The van der Waals surface area contributed by atoms with Crippen molar-refractivity contribution < 1.29 is 23.1 Å². The fourth-order valence-corrected chi connectivity index (χ4v) is 5.02. The van der Waals surface area contributed by atoms with Crippen molar-refractivity contribution in [2.24, 2.45) is 5.92 Å². The molecule has 6 nitrogen and oxygen atoms in total. The van der Waals surface area contributed by atoms with E-state index in [2.05, 4.69) is 9.46 Å². The van der Waals surface area contributed by atoms with Crippen molar-refractivity contribution in [1.29, 1.82) is 0 Å². The number of ether oxygens (including phenoxy) is 1. The van der Waals surface area contributed by atoms with E-state index < -0.39 is 27.2 Å². The molecular weight excluding hydrogens is 302 g/mol. The summed E-state index contributed by atoms with van der Waals surface area (Å²) in [6.45, 7) is 0.504. The number of sulfonamides is 1. The summed E-state index contributed by atoms with van der Waals surface area (Å²) in [7, 11) is -2.18. The minimum absolute atomic E-state index is 0.154. The maximum absolute atomic E-state index is 12.2. The molecule has 1 saturated carbocycles. The lowest BCUT2D eigenvalue weighted by molar-refractivity contribution is -0.145. The van der Waals surface area contributed by atoms with E-state index in [-0.39, 0.29) is 6.61 Å². The van der Waals surface area contributed by atoms with Crippen molar-refractivity contribution in [2.75, 3.05) is 31.8 Å². The van der Waals surface area contributed by atoms with Crippen LogP contribution < -0.4 is 4.72 Å².